The molecule has 0 amide bonds. The molecule has 0 atom stereocenters. The smallest absolute Gasteiger partial charge is 0.272 e. The van der Waals surface area contributed by atoms with Crippen LogP contribution in [-0.4, -0.2) is 25.9 Å². The van der Waals surface area contributed by atoms with Crippen molar-refractivity contribution in [3.63, 3.8) is 0 Å². The van der Waals surface area contributed by atoms with Crippen molar-refractivity contribution in [3.8, 4) is 16.9 Å². The lowest BCUT2D eigenvalue weighted by atomic mass is 10.0. The highest BCUT2D eigenvalue weighted by Gasteiger charge is 2.18. The predicted molar refractivity (Wildman–Crippen MR) is 110 cm³/mol. The molecule has 28 heavy (non-hydrogen) atoms. The zero-order valence-corrected chi connectivity index (χ0v) is 15.9. The van der Waals surface area contributed by atoms with Crippen LogP contribution >= 0.6 is 0 Å². The summed E-state index contributed by atoms with van der Waals surface area (Å²) in [5, 5.41) is 9.10. The van der Waals surface area contributed by atoms with Gasteiger partial charge in [0.25, 0.3) is 5.56 Å². The summed E-state index contributed by atoms with van der Waals surface area (Å²) in [6.45, 7) is 3.87. The van der Waals surface area contributed by atoms with E-state index in [4.69, 9.17) is 0 Å². The molecule has 0 saturated carbocycles. The summed E-state index contributed by atoms with van der Waals surface area (Å²) < 4.78 is 3.66. The number of hydrogen-bond acceptors (Lipinski definition) is 4. The van der Waals surface area contributed by atoms with Crippen molar-refractivity contribution in [1.82, 2.24) is 24.6 Å². The van der Waals surface area contributed by atoms with Crippen LogP contribution in [0.15, 0.2) is 53.6 Å². The van der Waals surface area contributed by atoms with E-state index in [1.165, 1.54) is 21.3 Å². The number of hydrogen-bond donors (Lipinski definition) is 1. The van der Waals surface area contributed by atoms with Gasteiger partial charge in [0, 0.05) is 42.5 Å². The van der Waals surface area contributed by atoms with Gasteiger partial charge in [-0.05, 0) is 49.2 Å². The van der Waals surface area contributed by atoms with Gasteiger partial charge in [-0.2, -0.15) is 9.78 Å². The zero-order valence-electron chi connectivity index (χ0n) is 15.9. The van der Waals surface area contributed by atoms with Gasteiger partial charge in [-0.15, -0.1) is 0 Å². The fraction of sp³-hybridized carbons (Fsp3) is 0.227. The van der Waals surface area contributed by atoms with Gasteiger partial charge < -0.3 is 9.88 Å². The van der Waals surface area contributed by atoms with Crippen LogP contribution in [0.2, 0.25) is 0 Å². The van der Waals surface area contributed by atoms with Crippen LogP contribution in [0.1, 0.15) is 16.8 Å². The van der Waals surface area contributed by atoms with Crippen molar-refractivity contribution in [2.75, 3.05) is 6.54 Å². The van der Waals surface area contributed by atoms with Gasteiger partial charge in [-0.1, -0.05) is 12.1 Å². The highest BCUT2D eigenvalue weighted by molar-refractivity contribution is 5.87. The number of pyridine rings is 1. The van der Waals surface area contributed by atoms with E-state index in [1.807, 2.05) is 31.2 Å². The quantitative estimate of drug-likeness (QED) is 0.588. The highest BCUT2D eigenvalue weighted by Crippen LogP contribution is 2.29. The normalized spacial score (nSPS) is 13.6. The lowest BCUT2D eigenvalue weighted by molar-refractivity contribution is 0.614. The Labute approximate surface area is 162 Å². The van der Waals surface area contributed by atoms with Crippen LogP contribution in [-0.2, 0) is 20.0 Å². The second kappa shape index (κ2) is 6.42. The van der Waals surface area contributed by atoms with Gasteiger partial charge >= 0.3 is 0 Å². The average molecular weight is 371 g/mol. The molecule has 0 bridgehead atoms. The first-order valence-corrected chi connectivity index (χ1v) is 9.45. The van der Waals surface area contributed by atoms with Crippen LogP contribution in [0.4, 0.5) is 0 Å². The molecule has 4 aromatic rings. The number of nitrogens with zero attached hydrogens (tertiary/aromatic N) is 4. The van der Waals surface area contributed by atoms with Crippen molar-refractivity contribution < 1.29 is 0 Å². The maximum atomic E-state index is 12.8. The standard InChI is InChI=1S/C22H21N5O/c1-14-3-6-19(24-11-14)15-9-22(28)27(25-12-15)16-4-5-17-18-7-8-23-13-21(18)26(2)20(17)10-16/h3-6,9-12,23H,7-8,13H2,1-2H3. The average Bonchev–Trinajstić information content (AvgIpc) is 3.01. The van der Waals surface area contributed by atoms with E-state index in [2.05, 4.69) is 33.1 Å². The van der Waals surface area contributed by atoms with Gasteiger partial charge in [0.1, 0.15) is 0 Å². The van der Waals surface area contributed by atoms with Gasteiger partial charge in [0.05, 0.1) is 23.1 Å². The number of aromatic nitrogens is 4. The highest BCUT2D eigenvalue weighted by atomic mass is 16.1. The predicted octanol–water partition coefficient (Wildman–Crippen LogP) is 2.74. The van der Waals surface area contributed by atoms with E-state index in [0.717, 1.165) is 47.5 Å². The molecule has 0 aliphatic carbocycles. The first-order chi connectivity index (χ1) is 13.6. The molecule has 4 heterocycles. The molecule has 140 valence electrons. The maximum absolute atomic E-state index is 12.8. The van der Waals surface area contributed by atoms with Crippen LogP contribution < -0.4 is 10.9 Å². The molecule has 6 heteroatoms. The lowest BCUT2D eigenvalue weighted by Gasteiger charge is -2.14. The Morgan fingerprint density at radius 3 is 2.79 bits per heavy atom. The Morgan fingerprint density at radius 2 is 2.00 bits per heavy atom. The molecule has 0 radical (unpaired) electrons. The summed E-state index contributed by atoms with van der Waals surface area (Å²) in [6, 6.07) is 11.6. The molecule has 1 aliphatic rings. The molecule has 1 N–H and O–H groups in total. The second-order valence-corrected chi connectivity index (χ2v) is 7.33. The maximum Gasteiger partial charge on any atom is 0.272 e. The van der Waals surface area contributed by atoms with Crippen molar-refractivity contribution in [2.24, 2.45) is 7.05 Å². The van der Waals surface area contributed by atoms with Crippen LogP contribution in [0, 0.1) is 6.92 Å². The Hall–Kier alpha value is -3.25. The number of nitrogens with one attached hydrogen (secondary N) is 1. The van der Waals surface area contributed by atoms with E-state index in [9.17, 15) is 4.79 Å². The minimum absolute atomic E-state index is 0.167. The molecule has 1 aliphatic heterocycles. The molecule has 0 fully saturated rings. The second-order valence-electron chi connectivity index (χ2n) is 7.33. The van der Waals surface area contributed by atoms with Gasteiger partial charge in [0.15, 0.2) is 0 Å². The fourth-order valence-corrected chi connectivity index (χ4v) is 3.99. The fourth-order valence-electron chi connectivity index (χ4n) is 3.99. The third-order valence-electron chi connectivity index (χ3n) is 5.52. The van der Waals surface area contributed by atoms with Crippen LogP contribution in [0.3, 0.4) is 0 Å². The van der Waals surface area contributed by atoms with E-state index < -0.39 is 0 Å². The van der Waals surface area contributed by atoms with Crippen molar-refractivity contribution in [2.45, 2.75) is 19.9 Å². The topological polar surface area (TPSA) is 64.7 Å². The molecule has 0 saturated heterocycles. The summed E-state index contributed by atoms with van der Waals surface area (Å²) in [7, 11) is 2.08. The minimum Gasteiger partial charge on any atom is -0.346 e. The van der Waals surface area contributed by atoms with Gasteiger partial charge in [0.2, 0.25) is 0 Å². The van der Waals surface area contributed by atoms with Crippen molar-refractivity contribution in [3.05, 3.63) is 76.0 Å². The van der Waals surface area contributed by atoms with Crippen LogP contribution in [0.5, 0.6) is 0 Å². The third-order valence-corrected chi connectivity index (χ3v) is 5.52. The lowest BCUT2D eigenvalue weighted by Crippen LogP contribution is -2.24. The van der Waals surface area contributed by atoms with Crippen molar-refractivity contribution >= 4 is 10.9 Å². The minimum atomic E-state index is -0.167. The first kappa shape index (κ1) is 16.9. The summed E-state index contributed by atoms with van der Waals surface area (Å²) in [5.41, 5.74) is 7.02. The molecular weight excluding hydrogens is 350 g/mol. The summed E-state index contributed by atoms with van der Waals surface area (Å²) in [5.74, 6) is 0. The monoisotopic (exact) mass is 371 g/mol. The largest absolute Gasteiger partial charge is 0.346 e. The molecule has 1 aromatic carbocycles. The van der Waals surface area contributed by atoms with Gasteiger partial charge in [-0.3, -0.25) is 9.78 Å². The Morgan fingerprint density at radius 1 is 1.11 bits per heavy atom. The Bertz CT molecular complexity index is 1250. The molecule has 0 spiro atoms. The SMILES string of the molecule is Cc1ccc(-c2cnn(-c3ccc4c5c(n(C)c4c3)CNCC5)c(=O)c2)nc1. The molecule has 6 nitrogen and oxygen atoms in total. The Balaban J connectivity index is 1.59. The first-order valence-electron chi connectivity index (χ1n) is 9.45. The molecule has 5 rings (SSSR count). The van der Waals surface area contributed by atoms with Crippen LogP contribution in [0.25, 0.3) is 27.8 Å². The van der Waals surface area contributed by atoms with E-state index in [0.29, 0.717) is 0 Å². The van der Waals surface area contributed by atoms with E-state index in [-0.39, 0.29) is 5.56 Å². The number of benzene rings is 1. The van der Waals surface area contributed by atoms with E-state index in [1.54, 1.807) is 18.5 Å². The zero-order chi connectivity index (χ0) is 19.3. The van der Waals surface area contributed by atoms with E-state index >= 15 is 0 Å². The van der Waals surface area contributed by atoms with Gasteiger partial charge in [-0.25, -0.2) is 0 Å². The summed E-state index contributed by atoms with van der Waals surface area (Å²) in [4.78, 5) is 17.1. The number of aryl methyl sites for hydroxylation is 2. The third kappa shape index (κ3) is 2.65. The number of fused-ring (bicyclic) bond motifs is 3. The van der Waals surface area contributed by atoms with Crippen molar-refractivity contribution in [1.29, 1.82) is 0 Å². The summed E-state index contributed by atoms with van der Waals surface area (Å²) in [6.07, 6.45) is 4.52. The number of rotatable bonds is 2. The molecule has 0 unspecified atom stereocenters. The Kier molecular flexibility index (Phi) is 3.87. The summed E-state index contributed by atoms with van der Waals surface area (Å²) >= 11 is 0. The molecular formula is C22H21N5O. The molecule has 3 aromatic heterocycles.